The summed E-state index contributed by atoms with van der Waals surface area (Å²) in [4.78, 5) is 41.3. The topological polar surface area (TPSA) is 146 Å². The molecule has 5 aromatic rings. The maximum absolute atomic E-state index is 12.8. The van der Waals surface area contributed by atoms with Crippen molar-refractivity contribution in [1.82, 2.24) is 19.8 Å². The van der Waals surface area contributed by atoms with E-state index in [-0.39, 0.29) is 49.3 Å². The van der Waals surface area contributed by atoms with Crippen molar-refractivity contribution in [3.8, 4) is 11.1 Å². The summed E-state index contributed by atoms with van der Waals surface area (Å²) in [6, 6.07) is 31.8. The second kappa shape index (κ2) is 16.1. The molecule has 1 aromatic heterocycles. The molecule has 52 heavy (non-hydrogen) atoms. The number of H-pyrrole nitrogens is 1. The fraction of sp³-hybridized carbons (Fsp3) is 0.341. The number of fused-ring (bicyclic) bond motifs is 1. The second-order valence-corrected chi connectivity index (χ2v) is 13.6. The van der Waals surface area contributed by atoms with Crippen LogP contribution in [0.15, 0.2) is 102 Å². The number of aliphatic carboxylic acids is 1. The lowest BCUT2D eigenvalue weighted by Crippen LogP contribution is -2.43. The zero-order valence-electron chi connectivity index (χ0n) is 28.9. The van der Waals surface area contributed by atoms with E-state index in [1.165, 1.54) is 0 Å². The summed E-state index contributed by atoms with van der Waals surface area (Å²) in [6.45, 7) is 2.72. The van der Waals surface area contributed by atoms with Crippen molar-refractivity contribution in [2.75, 3.05) is 19.6 Å². The Hall–Kier alpha value is -5.07. The predicted octanol–water partition coefficient (Wildman–Crippen LogP) is 5.85. The average Bonchev–Trinajstić information content (AvgIpc) is 3.52. The number of carbonyl (C=O) groups excluding carboxylic acids is 1. The number of nitrogens with one attached hydrogen (secondary N) is 2. The Morgan fingerprint density at radius 2 is 1.56 bits per heavy atom. The SMILES string of the molecule is O=C(O)CCC(=O)NCc1ccccc1-c1ccc(C2OC(CN3CCC(n4c(=O)[nH]c5ccccc54)CC3)CC(c3ccc(CO)cc3)O2)cc1. The molecule has 2 aliphatic rings. The number of likely N-dealkylation sites (tertiary alicyclic amines) is 1. The molecular weight excluding hydrogens is 660 g/mol. The third-order valence-electron chi connectivity index (χ3n) is 10.2. The maximum atomic E-state index is 12.8. The van der Waals surface area contributed by atoms with Crippen LogP contribution in [0.1, 0.15) is 72.8 Å². The summed E-state index contributed by atoms with van der Waals surface area (Å²) in [5, 5.41) is 21.3. The molecule has 3 unspecified atom stereocenters. The van der Waals surface area contributed by atoms with Gasteiger partial charge in [-0.25, -0.2) is 4.79 Å². The lowest BCUT2D eigenvalue weighted by atomic mass is 9.97. The minimum Gasteiger partial charge on any atom is -0.481 e. The van der Waals surface area contributed by atoms with Crippen LogP contribution in [0.5, 0.6) is 0 Å². The largest absolute Gasteiger partial charge is 0.481 e. The number of aliphatic hydroxyl groups is 1. The number of aromatic amines is 1. The van der Waals surface area contributed by atoms with Gasteiger partial charge in [-0.05, 0) is 52.8 Å². The Labute approximate surface area is 301 Å². The molecule has 2 fully saturated rings. The van der Waals surface area contributed by atoms with Gasteiger partial charge in [0.25, 0.3) is 0 Å². The Bertz CT molecular complexity index is 2050. The highest BCUT2D eigenvalue weighted by Gasteiger charge is 2.34. The van der Waals surface area contributed by atoms with E-state index in [1.54, 1.807) is 0 Å². The molecular formula is C41H44N4O7. The van der Waals surface area contributed by atoms with Crippen LogP contribution in [0.3, 0.4) is 0 Å². The number of carbonyl (C=O) groups is 2. The van der Waals surface area contributed by atoms with Gasteiger partial charge in [-0.3, -0.25) is 14.2 Å². The summed E-state index contributed by atoms with van der Waals surface area (Å²) in [6.07, 6.45) is 1.25. The number of hydrogen-bond acceptors (Lipinski definition) is 7. The molecule has 11 heteroatoms. The van der Waals surface area contributed by atoms with Gasteiger partial charge in [0.15, 0.2) is 6.29 Å². The van der Waals surface area contributed by atoms with Crippen molar-refractivity contribution < 1.29 is 29.3 Å². The molecule has 0 saturated carbocycles. The van der Waals surface area contributed by atoms with Crippen LogP contribution in [0.25, 0.3) is 22.2 Å². The molecule has 0 aliphatic carbocycles. The van der Waals surface area contributed by atoms with E-state index in [2.05, 4.69) is 15.2 Å². The lowest BCUT2D eigenvalue weighted by Gasteiger charge is -2.40. The number of carboxylic acid groups (broad SMARTS) is 1. The van der Waals surface area contributed by atoms with Crippen LogP contribution in [0, 0.1) is 0 Å². The third-order valence-corrected chi connectivity index (χ3v) is 10.2. The summed E-state index contributed by atoms with van der Waals surface area (Å²) in [5.74, 6) is -1.30. The smallest absolute Gasteiger partial charge is 0.326 e. The van der Waals surface area contributed by atoms with Crippen molar-refractivity contribution in [2.24, 2.45) is 0 Å². The fourth-order valence-electron chi connectivity index (χ4n) is 7.40. The zero-order valence-corrected chi connectivity index (χ0v) is 28.9. The van der Waals surface area contributed by atoms with Crippen molar-refractivity contribution in [1.29, 1.82) is 0 Å². The molecule has 1 amide bonds. The monoisotopic (exact) mass is 704 g/mol. The van der Waals surface area contributed by atoms with Gasteiger partial charge in [-0.2, -0.15) is 0 Å². The second-order valence-electron chi connectivity index (χ2n) is 13.6. The minimum atomic E-state index is -1.00. The van der Waals surface area contributed by atoms with Crippen LogP contribution < -0.4 is 11.0 Å². The van der Waals surface area contributed by atoms with E-state index in [0.717, 1.165) is 76.9 Å². The van der Waals surface area contributed by atoms with Crippen molar-refractivity contribution in [3.63, 3.8) is 0 Å². The Morgan fingerprint density at radius 1 is 0.846 bits per heavy atom. The molecule has 2 saturated heterocycles. The zero-order chi connectivity index (χ0) is 36.0. The fourth-order valence-corrected chi connectivity index (χ4v) is 7.40. The van der Waals surface area contributed by atoms with E-state index >= 15 is 0 Å². The van der Waals surface area contributed by atoms with E-state index < -0.39 is 12.3 Å². The van der Waals surface area contributed by atoms with Crippen molar-refractivity contribution >= 4 is 22.9 Å². The van der Waals surface area contributed by atoms with Crippen molar-refractivity contribution in [3.05, 3.63) is 130 Å². The minimum absolute atomic E-state index is 0.0205. The van der Waals surface area contributed by atoms with Gasteiger partial charge in [0, 0.05) is 50.6 Å². The molecule has 270 valence electrons. The molecule has 4 aromatic carbocycles. The third kappa shape index (κ3) is 8.18. The van der Waals surface area contributed by atoms with Crippen LogP contribution in [0.4, 0.5) is 0 Å². The van der Waals surface area contributed by atoms with E-state index in [4.69, 9.17) is 14.6 Å². The molecule has 3 atom stereocenters. The molecule has 0 bridgehead atoms. The van der Waals surface area contributed by atoms with Crippen LogP contribution in [-0.4, -0.2) is 62.3 Å². The molecule has 7 rings (SSSR count). The normalized spacial score (nSPS) is 19.8. The molecule has 4 N–H and O–H groups in total. The van der Waals surface area contributed by atoms with Crippen LogP contribution >= 0.6 is 0 Å². The van der Waals surface area contributed by atoms with Gasteiger partial charge in [0.1, 0.15) is 0 Å². The molecule has 11 nitrogen and oxygen atoms in total. The van der Waals surface area contributed by atoms with Crippen molar-refractivity contribution in [2.45, 2.75) is 69.8 Å². The Balaban J connectivity index is 1.05. The molecule has 0 spiro atoms. The first-order valence-electron chi connectivity index (χ1n) is 17.9. The number of para-hydroxylation sites is 2. The van der Waals surface area contributed by atoms with Gasteiger partial charge in [-0.1, -0.05) is 84.9 Å². The molecule has 3 heterocycles. The number of carboxylic acids is 1. The van der Waals surface area contributed by atoms with Crippen LogP contribution in [0.2, 0.25) is 0 Å². The molecule has 2 aliphatic heterocycles. The highest BCUT2D eigenvalue weighted by atomic mass is 16.7. The number of amides is 1. The summed E-state index contributed by atoms with van der Waals surface area (Å²) >= 11 is 0. The van der Waals surface area contributed by atoms with E-state index in [9.17, 15) is 19.5 Å². The standard InChI is InChI=1S/C41H44N4O7/c46-26-27-9-11-29(12-10-27)37-23-33(25-44-21-19-32(20-22-44)45-36-8-4-3-7-35(36)43-41(45)50)51-40(52-37)30-15-13-28(14-16-30)34-6-2-1-5-31(34)24-42-38(47)17-18-39(48)49/h1-16,32-33,37,40,46H,17-26H2,(H,42,47)(H,43,50)(H,48,49). The number of piperidine rings is 1. The van der Waals surface area contributed by atoms with Gasteiger partial charge >= 0.3 is 11.7 Å². The number of imidazole rings is 1. The number of aromatic nitrogens is 2. The average molecular weight is 705 g/mol. The Kier molecular flexibility index (Phi) is 10.9. The van der Waals surface area contributed by atoms with E-state index in [0.29, 0.717) is 13.0 Å². The number of nitrogens with zero attached hydrogens (tertiary/aromatic N) is 2. The number of ether oxygens (including phenoxy) is 2. The quantitative estimate of drug-likeness (QED) is 0.127. The first kappa shape index (κ1) is 35.3. The Morgan fingerprint density at radius 3 is 2.31 bits per heavy atom. The van der Waals surface area contributed by atoms with E-state index in [1.807, 2.05) is 102 Å². The number of benzene rings is 4. The lowest BCUT2D eigenvalue weighted by molar-refractivity contribution is -0.253. The number of hydrogen-bond donors (Lipinski definition) is 4. The highest BCUT2D eigenvalue weighted by molar-refractivity contribution is 5.81. The van der Waals surface area contributed by atoms with Gasteiger partial charge in [-0.15, -0.1) is 0 Å². The van der Waals surface area contributed by atoms with Gasteiger partial charge < -0.3 is 34.9 Å². The first-order valence-corrected chi connectivity index (χ1v) is 17.9. The maximum Gasteiger partial charge on any atom is 0.326 e. The highest BCUT2D eigenvalue weighted by Crippen LogP contribution is 2.39. The predicted molar refractivity (Wildman–Crippen MR) is 196 cm³/mol. The summed E-state index contributed by atoms with van der Waals surface area (Å²) in [7, 11) is 0. The number of aliphatic hydroxyl groups excluding tert-OH is 1. The summed E-state index contributed by atoms with van der Waals surface area (Å²) < 4.78 is 15.2. The summed E-state index contributed by atoms with van der Waals surface area (Å²) in [5.41, 5.74) is 7.39. The molecule has 0 radical (unpaired) electrons. The van der Waals surface area contributed by atoms with Gasteiger partial charge in [0.2, 0.25) is 5.91 Å². The van der Waals surface area contributed by atoms with Gasteiger partial charge in [0.05, 0.1) is 36.3 Å². The number of rotatable bonds is 12. The van der Waals surface area contributed by atoms with Crippen LogP contribution in [-0.2, 0) is 32.2 Å². The first-order chi connectivity index (χ1) is 25.3.